The van der Waals surface area contributed by atoms with E-state index in [4.69, 9.17) is 0 Å². The minimum Gasteiger partial charge on any atom is -0.326 e. The van der Waals surface area contributed by atoms with Crippen molar-refractivity contribution in [2.75, 3.05) is 18.9 Å². The molecule has 0 bridgehead atoms. The first-order valence-corrected chi connectivity index (χ1v) is 6.90. The molecule has 0 unspecified atom stereocenters. The molecular weight excluding hydrogens is 236 g/mol. The van der Waals surface area contributed by atoms with Crippen LogP contribution in [0.1, 0.15) is 44.7 Å². The summed E-state index contributed by atoms with van der Waals surface area (Å²) in [5, 5.41) is 6.06. The molecule has 0 atom stereocenters. The molecule has 0 aliphatic heterocycles. The van der Waals surface area contributed by atoms with Crippen LogP contribution in [0.15, 0.2) is 18.2 Å². The zero-order chi connectivity index (χ0) is 14.5. The summed E-state index contributed by atoms with van der Waals surface area (Å²) in [5.74, 6) is 0.0874. The number of rotatable bonds is 5. The maximum absolute atomic E-state index is 11.9. The molecule has 2 N–H and O–H groups in total. The van der Waals surface area contributed by atoms with Crippen LogP contribution in [0.3, 0.4) is 0 Å². The van der Waals surface area contributed by atoms with Gasteiger partial charge in [-0.3, -0.25) is 4.79 Å². The zero-order valence-corrected chi connectivity index (χ0v) is 12.8. The van der Waals surface area contributed by atoms with Crippen LogP contribution < -0.4 is 10.6 Å². The highest BCUT2D eigenvalue weighted by Crippen LogP contribution is 2.27. The first kappa shape index (κ1) is 15.7. The maximum Gasteiger partial charge on any atom is 0.224 e. The van der Waals surface area contributed by atoms with Gasteiger partial charge < -0.3 is 10.6 Å². The van der Waals surface area contributed by atoms with Crippen molar-refractivity contribution in [3.05, 3.63) is 29.3 Å². The summed E-state index contributed by atoms with van der Waals surface area (Å²) in [5.41, 5.74) is 3.37. The summed E-state index contributed by atoms with van der Waals surface area (Å²) in [6.45, 7) is 9.42. The standard InChI is InChI=1S/C16H26N2O/c1-12-8-9-13(16(2,3)4)11-14(12)18-15(19)7-6-10-17-5/h8-9,11,17H,6-7,10H2,1-5H3,(H,18,19). The SMILES string of the molecule is CNCCCC(=O)Nc1cc(C(C)(C)C)ccc1C. The molecule has 1 aromatic rings. The normalized spacial score (nSPS) is 11.4. The van der Waals surface area contributed by atoms with Gasteiger partial charge in [0.15, 0.2) is 0 Å². The lowest BCUT2D eigenvalue weighted by Gasteiger charge is -2.21. The molecule has 0 saturated heterocycles. The van der Waals surface area contributed by atoms with Crippen molar-refractivity contribution in [1.29, 1.82) is 0 Å². The Balaban J connectivity index is 2.74. The minimum atomic E-state index is 0.0874. The maximum atomic E-state index is 11.9. The van der Waals surface area contributed by atoms with Gasteiger partial charge in [-0.2, -0.15) is 0 Å². The summed E-state index contributed by atoms with van der Waals surface area (Å²) in [4.78, 5) is 11.9. The summed E-state index contributed by atoms with van der Waals surface area (Å²) < 4.78 is 0. The summed E-state index contributed by atoms with van der Waals surface area (Å²) in [7, 11) is 1.90. The summed E-state index contributed by atoms with van der Waals surface area (Å²) in [6, 6.07) is 6.29. The second-order valence-corrected chi connectivity index (χ2v) is 6.03. The Morgan fingerprint density at radius 2 is 1.95 bits per heavy atom. The molecule has 0 spiro atoms. The Labute approximate surface area is 116 Å². The Hall–Kier alpha value is -1.35. The van der Waals surface area contributed by atoms with Crippen LogP contribution in [0, 0.1) is 6.92 Å². The van der Waals surface area contributed by atoms with Crippen molar-refractivity contribution in [3.8, 4) is 0 Å². The van der Waals surface area contributed by atoms with Crippen molar-refractivity contribution in [3.63, 3.8) is 0 Å². The third kappa shape index (κ3) is 5.03. The summed E-state index contributed by atoms with van der Waals surface area (Å²) >= 11 is 0. The average molecular weight is 262 g/mol. The van der Waals surface area contributed by atoms with Crippen molar-refractivity contribution in [2.45, 2.75) is 46.0 Å². The predicted molar refractivity (Wildman–Crippen MR) is 81.7 cm³/mol. The van der Waals surface area contributed by atoms with E-state index in [1.165, 1.54) is 5.56 Å². The molecule has 0 heterocycles. The van der Waals surface area contributed by atoms with Crippen LogP contribution in [0.25, 0.3) is 0 Å². The molecular formula is C16H26N2O. The van der Waals surface area contributed by atoms with Crippen molar-refractivity contribution >= 4 is 11.6 Å². The Morgan fingerprint density at radius 1 is 1.26 bits per heavy atom. The first-order valence-electron chi connectivity index (χ1n) is 6.90. The molecule has 0 aliphatic rings. The fourth-order valence-electron chi connectivity index (χ4n) is 1.86. The number of carbonyl (C=O) groups excluding carboxylic acids is 1. The van der Waals surface area contributed by atoms with Gasteiger partial charge in [0.25, 0.3) is 0 Å². The number of anilines is 1. The highest BCUT2D eigenvalue weighted by molar-refractivity contribution is 5.91. The Kier molecular flexibility index (Phi) is 5.55. The number of hydrogen-bond acceptors (Lipinski definition) is 2. The van der Waals surface area contributed by atoms with Crippen molar-refractivity contribution < 1.29 is 4.79 Å². The van der Waals surface area contributed by atoms with Crippen molar-refractivity contribution in [2.24, 2.45) is 0 Å². The van der Waals surface area contributed by atoms with Gasteiger partial charge in [0.2, 0.25) is 5.91 Å². The van der Waals surface area contributed by atoms with Crippen molar-refractivity contribution in [1.82, 2.24) is 5.32 Å². The highest BCUT2D eigenvalue weighted by atomic mass is 16.1. The molecule has 3 heteroatoms. The number of hydrogen-bond donors (Lipinski definition) is 2. The summed E-state index contributed by atoms with van der Waals surface area (Å²) in [6.07, 6.45) is 1.42. The van der Waals surface area contributed by atoms with Gasteiger partial charge in [-0.05, 0) is 49.5 Å². The van der Waals surface area contributed by atoms with E-state index in [-0.39, 0.29) is 11.3 Å². The van der Waals surface area contributed by atoms with Gasteiger partial charge in [0.05, 0.1) is 0 Å². The largest absolute Gasteiger partial charge is 0.326 e. The average Bonchev–Trinajstić information content (AvgIpc) is 2.31. The van der Waals surface area contributed by atoms with E-state index in [0.29, 0.717) is 6.42 Å². The van der Waals surface area contributed by atoms with E-state index in [1.54, 1.807) is 0 Å². The number of carbonyl (C=O) groups is 1. The number of amides is 1. The van der Waals surface area contributed by atoms with E-state index in [1.807, 2.05) is 14.0 Å². The fraction of sp³-hybridized carbons (Fsp3) is 0.562. The van der Waals surface area contributed by atoms with Gasteiger partial charge in [-0.1, -0.05) is 32.9 Å². The van der Waals surface area contributed by atoms with E-state index in [0.717, 1.165) is 24.2 Å². The van der Waals surface area contributed by atoms with Crippen LogP contribution in [0.4, 0.5) is 5.69 Å². The lowest BCUT2D eigenvalue weighted by molar-refractivity contribution is -0.116. The number of aryl methyl sites for hydroxylation is 1. The molecule has 1 aromatic carbocycles. The van der Waals surface area contributed by atoms with Crippen LogP contribution in [0.2, 0.25) is 0 Å². The number of benzene rings is 1. The van der Waals surface area contributed by atoms with E-state index < -0.39 is 0 Å². The number of nitrogens with one attached hydrogen (secondary N) is 2. The smallest absolute Gasteiger partial charge is 0.224 e. The molecule has 0 radical (unpaired) electrons. The fourth-order valence-corrected chi connectivity index (χ4v) is 1.86. The molecule has 0 aromatic heterocycles. The molecule has 106 valence electrons. The molecule has 19 heavy (non-hydrogen) atoms. The highest BCUT2D eigenvalue weighted by Gasteiger charge is 2.15. The van der Waals surface area contributed by atoms with Gasteiger partial charge in [0.1, 0.15) is 0 Å². The van der Waals surface area contributed by atoms with Crippen LogP contribution in [-0.4, -0.2) is 19.5 Å². The molecule has 1 rings (SSSR count). The van der Waals surface area contributed by atoms with Crippen LogP contribution in [-0.2, 0) is 10.2 Å². The quantitative estimate of drug-likeness (QED) is 0.800. The molecule has 3 nitrogen and oxygen atoms in total. The van der Waals surface area contributed by atoms with E-state index in [9.17, 15) is 4.79 Å². The lowest BCUT2D eigenvalue weighted by atomic mass is 9.86. The minimum absolute atomic E-state index is 0.0874. The molecule has 0 aliphatic carbocycles. The monoisotopic (exact) mass is 262 g/mol. The third-order valence-electron chi connectivity index (χ3n) is 3.21. The molecule has 1 amide bonds. The van der Waals surface area contributed by atoms with Crippen LogP contribution in [0.5, 0.6) is 0 Å². The second-order valence-electron chi connectivity index (χ2n) is 6.03. The Morgan fingerprint density at radius 3 is 2.53 bits per heavy atom. The third-order valence-corrected chi connectivity index (χ3v) is 3.21. The van der Waals surface area contributed by atoms with E-state index >= 15 is 0 Å². The van der Waals surface area contributed by atoms with Gasteiger partial charge in [-0.15, -0.1) is 0 Å². The molecule has 0 saturated carbocycles. The van der Waals surface area contributed by atoms with Crippen LogP contribution >= 0.6 is 0 Å². The topological polar surface area (TPSA) is 41.1 Å². The first-order chi connectivity index (χ1) is 8.84. The zero-order valence-electron chi connectivity index (χ0n) is 12.8. The second kappa shape index (κ2) is 6.71. The molecule has 0 fully saturated rings. The predicted octanol–water partition coefficient (Wildman–Crippen LogP) is 3.23. The Bertz CT molecular complexity index is 433. The van der Waals surface area contributed by atoms with Gasteiger partial charge >= 0.3 is 0 Å². The van der Waals surface area contributed by atoms with E-state index in [2.05, 4.69) is 49.6 Å². The van der Waals surface area contributed by atoms with Gasteiger partial charge in [-0.25, -0.2) is 0 Å². The lowest BCUT2D eigenvalue weighted by Crippen LogP contribution is -2.17. The van der Waals surface area contributed by atoms with Gasteiger partial charge in [0, 0.05) is 12.1 Å².